The molecule has 0 aromatic heterocycles. The van der Waals surface area contributed by atoms with Crippen molar-refractivity contribution in [2.24, 2.45) is 11.5 Å². The van der Waals surface area contributed by atoms with Gasteiger partial charge in [0.05, 0.1) is 0 Å². The third-order valence-corrected chi connectivity index (χ3v) is 11.4. The van der Waals surface area contributed by atoms with Crippen LogP contribution in [-0.2, 0) is 27.8 Å². The standard InChI is InChI=1S/C6H10O4.C3H14N2O12P4/c7-5(8)3-1-2-4-6(9)10;4-2(18(6,7)8,19(9,10)11)1-3(5,20(12,13)14)21(15,16)17/h1-4H2,(H,7,8)(H,9,10);1,4-5H2,(H2,6,7,8)(H2,9,10,11)(H2,12,13,14)(H2,15,16,17). The van der Waals surface area contributed by atoms with Gasteiger partial charge in [0.1, 0.15) is 0 Å². The van der Waals surface area contributed by atoms with Crippen molar-refractivity contribution in [1.82, 2.24) is 0 Å². The van der Waals surface area contributed by atoms with E-state index in [0.717, 1.165) is 0 Å². The van der Waals surface area contributed by atoms with Gasteiger partial charge in [-0.1, -0.05) is 0 Å². The summed E-state index contributed by atoms with van der Waals surface area (Å²) in [4.78, 5) is 91.0. The highest BCUT2D eigenvalue weighted by Gasteiger charge is 2.68. The molecule has 0 aromatic carbocycles. The Labute approximate surface area is 173 Å². The number of hydrogen-bond donors (Lipinski definition) is 12. The first-order chi connectivity index (χ1) is 13.3. The Kier molecular flexibility index (Phi) is 11.6. The van der Waals surface area contributed by atoms with Gasteiger partial charge in [0.25, 0.3) is 0 Å². The summed E-state index contributed by atoms with van der Waals surface area (Å²) in [5.41, 5.74) is 9.68. The van der Waals surface area contributed by atoms with Gasteiger partial charge < -0.3 is 60.8 Å². The molecule has 0 atom stereocenters. The molecule has 0 rings (SSSR count). The zero-order chi connectivity index (χ0) is 25.7. The van der Waals surface area contributed by atoms with Gasteiger partial charge in [-0.15, -0.1) is 0 Å². The zero-order valence-corrected chi connectivity index (χ0v) is 19.0. The first-order valence-corrected chi connectivity index (χ1v) is 14.0. The Morgan fingerprint density at radius 1 is 0.581 bits per heavy atom. The first kappa shape index (κ1) is 32.6. The van der Waals surface area contributed by atoms with Crippen molar-refractivity contribution >= 4 is 42.3 Å². The monoisotopic (exact) mass is 540 g/mol. The van der Waals surface area contributed by atoms with Crippen LogP contribution >= 0.6 is 30.4 Å². The van der Waals surface area contributed by atoms with Crippen molar-refractivity contribution in [3.8, 4) is 0 Å². The van der Waals surface area contributed by atoms with Crippen LogP contribution in [0.5, 0.6) is 0 Å². The van der Waals surface area contributed by atoms with Gasteiger partial charge >= 0.3 is 42.3 Å². The zero-order valence-electron chi connectivity index (χ0n) is 15.4. The number of carboxylic acids is 2. The minimum Gasteiger partial charge on any atom is -0.481 e. The smallest absolute Gasteiger partial charge is 0.357 e. The number of aliphatic carboxylic acids is 2. The van der Waals surface area contributed by atoms with Gasteiger partial charge in [0.15, 0.2) is 0 Å². The largest absolute Gasteiger partial charge is 0.481 e. The maximum absolute atomic E-state index is 11.1. The maximum atomic E-state index is 11.1. The Hall–Kier alpha value is -0.540. The number of carbonyl (C=O) groups is 2. The van der Waals surface area contributed by atoms with Gasteiger partial charge in [0.2, 0.25) is 10.0 Å². The highest BCUT2D eigenvalue weighted by Crippen LogP contribution is 2.75. The first-order valence-electron chi connectivity index (χ1n) is 7.57. The summed E-state index contributed by atoms with van der Waals surface area (Å²) in [7, 11) is -24.0. The fraction of sp³-hybridized carbons (Fsp3) is 0.778. The van der Waals surface area contributed by atoms with Crippen LogP contribution < -0.4 is 11.5 Å². The number of hydrogen-bond acceptors (Lipinski definition) is 8. The molecule has 0 spiro atoms. The lowest BCUT2D eigenvalue weighted by Gasteiger charge is -2.38. The highest BCUT2D eigenvalue weighted by molar-refractivity contribution is 7.74. The molecule has 22 heteroatoms. The molecule has 31 heavy (non-hydrogen) atoms. The second-order valence-electron chi connectivity index (χ2n) is 6.10. The highest BCUT2D eigenvalue weighted by atomic mass is 31.2. The van der Waals surface area contributed by atoms with Crippen molar-refractivity contribution in [3.63, 3.8) is 0 Å². The lowest BCUT2D eigenvalue weighted by molar-refractivity contribution is -0.139. The number of carboxylic acid groups (broad SMARTS) is 2. The molecule has 0 radical (unpaired) electrons. The molecule has 0 aliphatic heterocycles. The Morgan fingerprint density at radius 2 is 0.774 bits per heavy atom. The average molecular weight is 540 g/mol. The van der Waals surface area contributed by atoms with Gasteiger partial charge in [-0.25, -0.2) is 0 Å². The normalized spacial score (nSPS) is 13.9. The van der Waals surface area contributed by atoms with Gasteiger partial charge in [-0.3, -0.25) is 27.8 Å². The van der Waals surface area contributed by atoms with Crippen LogP contribution in [0.1, 0.15) is 32.1 Å². The van der Waals surface area contributed by atoms with E-state index in [1.165, 1.54) is 0 Å². The van der Waals surface area contributed by atoms with Crippen molar-refractivity contribution in [2.75, 3.05) is 0 Å². The molecule has 0 bridgehead atoms. The van der Waals surface area contributed by atoms with Crippen LogP contribution in [0, 0.1) is 0 Å². The molecule has 0 amide bonds. The van der Waals surface area contributed by atoms with Gasteiger partial charge in [-0.05, 0) is 12.8 Å². The number of nitrogens with two attached hydrogens (primary N) is 2. The summed E-state index contributed by atoms with van der Waals surface area (Å²) in [6.45, 7) is 0. The van der Waals surface area contributed by atoms with E-state index < -0.39 is 58.8 Å². The van der Waals surface area contributed by atoms with E-state index in [1.54, 1.807) is 0 Å². The fourth-order valence-corrected chi connectivity index (χ4v) is 6.72. The van der Waals surface area contributed by atoms with Crippen LogP contribution in [0.2, 0.25) is 0 Å². The predicted octanol–water partition coefficient (Wildman–Crippen LogP) is -1.97. The molecular weight excluding hydrogens is 516 g/mol. The van der Waals surface area contributed by atoms with Crippen molar-refractivity contribution < 1.29 is 77.2 Å². The van der Waals surface area contributed by atoms with Crippen molar-refractivity contribution in [1.29, 1.82) is 0 Å². The lowest BCUT2D eigenvalue weighted by Crippen LogP contribution is -2.51. The number of unbranched alkanes of at least 4 members (excludes halogenated alkanes) is 1. The molecule has 14 N–H and O–H groups in total. The van der Waals surface area contributed by atoms with Crippen molar-refractivity contribution in [3.05, 3.63) is 0 Å². The SMILES string of the molecule is NC(CC(N)(P(=O)(O)O)P(=O)(O)O)(P(=O)(O)O)P(=O)(O)O.O=C(O)CCCCC(=O)O. The quantitative estimate of drug-likeness (QED) is 0.0997. The second kappa shape index (κ2) is 11.1. The summed E-state index contributed by atoms with van der Waals surface area (Å²) in [5, 5.41) is 8.26. The Morgan fingerprint density at radius 3 is 0.903 bits per heavy atom. The summed E-state index contributed by atoms with van der Waals surface area (Å²) >= 11 is 0. The lowest BCUT2D eigenvalue weighted by atomic mass is 10.2. The minimum absolute atomic E-state index is 0.0628. The molecule has 18 nitrogen and oxygen atoms in total. The Balaban J connectivity index is 0. The van der Waals surface area contributed by atoms with E-state index in [2.05, 4.69) is 0 Å². The maximum Gasteiger partial charge on any atom is 0.357 e. The van der Waals surface area contributed by atoms with E-state index in [9.17, 15) is 27.8 Å². The Bertz CT molecular complexity index is 722. The second-order valence-corrected chi connectivity index (χ2v) is 14.4. The van der Waals surface area contributed by atoms with Crippen LogP contribution in [-0.4, -0.2) is 71.3 Å². The predicted molar refractivity (Wildman–Crippen MR) is 100 cm³/mol. The molecule has 186 valence electrons. The number of rotatable bonds is 11. The minimum atomic E-state index is -6.00. The molecule has 0 fully saturated rings. The molecule has 0 aliphatic rings. The summed E-state index contributed by atoms with van der Waals surface area (Å²) < 4.78 is 44.6. The van der Waals surface area contributed by atoms with E-state index >= 15 is 0 Å². The van der Waals surface area contributed by atoms with Crippen molar-refractivity contribution in [2.45, 2.75) is 42.1 Å². The van der Waals surface area contributed by atoms with E-state index in [4.69, 9.17) is 60.8 Å². The summed E-state index contributed by atoms with van der Waals surface area (Å²) in [6.07, 6.45) is -1.23. The van der Waals surface area contributed by atoms with E-state index in [0.29, 0.717) is 12.8 Å². The van der Waals surface area contributed by atoms with Gasteiger partial charge in [-0.2, -0.15) is 0 Å². The molecule has 0 aromatic rings. The van der Waals surface area contributed by atoms with Crippen LogP contribution in [0.4, 0.5) is 0 Å². The third kappa shape index (κ3) is 9.46. The molecule has 0 unspecified atom stereocenters. The fourth-order valence-electron chi connectivity index (χ4n) is 1.69. The average Bonchev–Trinajstić information content (AvgIpc) is 2.47. The van der Waals surface area contributed by atoms with Crippen LogP contribution in [0.3, 0.4) is 0 Å². The molecule has 0 aliphatic carbocycles. The summed E-state index contributed by atoms with van der Waals surface area (Å²) in [5.74, 6) is -1.74. The van der Waals surface area contributed by atoms with Crippen LogP contribution in [0.15, 0.2) is 0 Å². The third-order valence-electron chi connectivity index (χ3n) is 3.57. The summed E-state index contributed by atoms with van der Waals surface area (Å²) in [6, 6.07) is 0. The molecule has 0 saturated heterocycles. The van der Waals surface area contributed by atoms with E-state index in [1.807, 2.05) is 0 Å². The van der Waals surface area contributed by atoms with Crippen LogP contribution in [0.25, 0.3) is 0 Å². The molecule has 0 heterocycles. The molecule has 0 saturated carbocycles. The topological polar surface area (TPSA) is 357 Å². The molecular formula is C9H24N2O16P4. The van der Waals surface area contributed by atoms with Gasteiger partial charge in [0, 0.05) is 19.3 Å². The van der Waals surface area contributed by atoms with E-state index in [-0.39, 0.29) is 12.8 Å².